The third-order valence-electron chi connectivity index (χ3n) is 4.70. The third kappa shape index (κ3) is 7.14. The lowest BCUT2D eigenvalue weighted by molar-refractivity contribution is -0.121. The first kappa shape index (κ1) is 22.3. The van der Waals surface area contributed by atoms with Crippen molar-refractivity contribution in [3.05, 3.63) is 60.2 Å². The first-order chi connectivity index (χ1) is 14.0. The molecule has 156 valence electrons. The van der Waals surface area contributed by atoms with Gasteiger partial charge in [0, 0.05) is 19.5 Å². The molecule has 2 rings (SSSR count). The van der Waals surface area contributed by atoms with Crippen molar-refractivity contribution in [3.63, 3.8) is 0 Å². The van der Waals surface area contributed by atoms with Gasteiger partial charge in [0.25, 0.3) is 0 Å². The molecule has 1 unspecified atom stereocenters. The Labute approximate surface area is 173 Å². The molecule has 0 radical (unpaired) electrons. The molecular formula is C23H31N3O3. The van der Waals surface area contributed by atoms with Crippen molar-refractivity contribution in [2.45, 2.75) is 39.2 Å². The van der Waals surface area contributed by atoms with Gasteiger partial charge in [0.05, 0.1) is 18.8 Å². The Bertz CT molecular complexity index is 780. The largest absolute Gasteiger partial charge is 0.495 e. The van der Waals surface area contributed by atoms with E-state index in [4.69, 9.17) is 4.74 Å². The number of unbranched alkanes of at least 4 members (excludes halogenated alkanes) is 1. The number of methoxy groups -OCH3 is 1. The van der Waals surface area contributed by atoms with Gasteiger partial charge >= 0.3 is 6.03 Å². The van der Waals surface area contributed by atoms with Crippen molar-refractivity contribution in [1.82, 2.24) is 10.2 Å². The van der Waals surface area contributed by atoms with E-state index in [0.717, 1.165) is 18.4 Å². The van der Waals surface area contributed by atoms with E-state index in [1.54, 1.807) is 24.1 Å². The molecule has 0 heterocycles. The molecule has 2 N–H and O–H groups in total. The predicted molar refractivity (Wildman–Crippen MR) is 116 cm³/mol. The van der Waals surface area contributed by atoms with Crippen molar-refractivity contribution in [3.8, 4) is 5.75 Å². The van der Waals surface area contributed by atoms with Gasteiger partial charge in [0.15, 0.2) is 0 Å². The molecule has 0 aliphatic heterocycles. The third-order valence-corrected chi connectivity index (χ3v) is 4.70. The molecule has 2 aromatic carbocycles. The molecule has 0 bridgehead atoms. The summed E-state index contributed by atoms with van der Waals surface area (Å²) in [5, 5.41) is 5.89. The van der Waals surface area contributed by atoms with E-state index in [2.05, 4.69) is 17.6 Å². The van der Waals surface area contributed by atoms with E-state index in [-0.39, 0.29) is 24.4 Å². The molecular weight excluding hydrogens is 366 g/mol. The van der Waals surface area contributed by atoms with Crippen LogP contribution >= 0.6 is 0 Å². The number of nitrogens with one attached hydrogen (secondary N) is 2. The second kappa shape index (κ2) is 11.7. The lowest BCUT2D eigenvalue weighted by atomic mass is 10.1. The van der Waals surface area contributed by atoms with Crippen LogP contribution in [-0.2, 0) is 4.79 Å². The van der Waals surface area contributed by atoms with Gasteiger partial charge in [-0.05, 0) is 31.0 Å². The quantitative estimate of drug-likeness (QED) is 0.616. The normalized spacial score (nSPS) is 11.4. The first-order valence-corrected chi connectivity index (χ1v) is 10.1. The first-order valence-electron chi connectivity index (χ1n) is 10.1. The summed E-state index contributed by atoms with van der Waals surface area (Å²) in [6.45, 7) is 4.98. The maximum atomic E-state index is 12.8. The maximum Gasteiger partial charge on any atom is 0.321 e. The average molecular weight is 398 g/mol. The van der Waals surface area contributed by atoms with E-state index in [9.17, 15) is 9.59 Å². The molecule has 1 atom stereocenters. The number of ether oxygens (including phenoxy) is 1. The summed E-state index contributed by atoms with van der Waals surface area (Å²) in [5.74, 6) is 0.527. The smallest absolute Gasteiger partial charge is 0.321 e. The predicted octanol–water partition coefficient (Wildman–Crippen LogP) is 4.60. The van der Waals surface area contributed by atoms with E-state index in [1.807, 2.05) is 49.4 Å². The number of rotatable bonds is 10. The number of hydrogen-bond donors (Lipinski definition) is 2. The topological polar surface area (TPSA) is 70.7 Å². The monoisotopic (exact) mass is 397 g/mol. The summed E-state index contributed by atoms with van der Waals surface area (Å²) in [6.07, 6.45) is 2.09. The molecule has 3 amide bonds. The minimum absolute atomic E-state index is 0.0739. The second-order valence-corrected chi connectivity index (χ2v) is 6.92. The highest BCUT2D eigenvalue weighted by molar-refractivity contribution is 5.91. The van der Waals surface area contributed by atoms with Crippen LogP contribution in [0.5, 0.6) is 5.75 Å². The standard InChI is InChI=1S/C23H31N3O3/c1-4-5-16-26(23(28)25-20-13-9-10-14-21(20)29-3)17-15-22(27)24-18(2)19-11-7-6-8-12-19/h6-14,18H,4-5,15-17H2,1-3H3,(H,24,27)(H,25,28). The van der Waals surface area contributed by atoms with Crippen LogP contribution in [-0.4, -0.2) is 37.0 Å². The fraction of sp³-hybridized carbons (Fsp3) is 0.391. The highest BCUT2D eigenvalue weighted by Crippen LogP contribution is 2.23. The average Bonchev–Trinajstić information content (AvgIpc) is 2.74. The molecule has 0 fully saturated rings. The van der Waals surface area contributed by atoms with Gasteiger partial charge in [-0.2, -0.15) is 0 Å². The molecule has 0 aliphatic rings. The number of carbonyl (C=O) groups is 2. The Morgan fingerprint density at radius 1 is 1.03 bits per heavy atom. The molecule has 0 aromatic heterocycles. The molecule has 0 saturated heterocycles. The molecule has 0 saturated carbocycles. The van der Waals surface area contributed by atoms with Crippen LogP contribution in [0.2, 0.25) is 0 Å². The van der Waals surface area contributed by atoms with Crippen LogP contribution < -0.4 is 15.4 Å². The number of urea groups is 1. The summed E-state index contributed by atoms with van der Waals surface area (Å²) in [4.78, 5) is 26.9. The Morgan fingerprint density at radius 3 is 2.41 bits per heavy atom. The van der Waals surface area contributed by atoms with Gasteiger partial charge in [-0.15, -0.1) is 0 Å². The van der Waals surface area contributed by atoms with Gasteiger partial charge in [-0.1, -0.05) is 55.8 Å². The van der Waals surface area contributed by atoms with Crippen molar-refractivity contribution >= 4 is 17.6 Å². The zero-order valence-electron chi connectivity index (χ0n) is 17.5. The Balaban J connectivity index is 1.93. The molecule has 29 heavy (non-hydrogen) atoms. The fourth-order valence-electron chi connectivity index (χ4n) is 2.98. The fourth-order valence-corrected chi connectivity index (χ4v) is 2.98. The number of carbonyl (C=O) groups excluding carboxylic acids is 2. The second-order valence-electron chi connectivity index (χ2n) is 6.92. The number of amides is 3. The van der Waals surface area contributed by atoms with E-state index >= 15 is 0 Å². The summed E-state index contributed by atoms with van der Waals surface area (Å²) in [5.41, 5.74) is 1.67. The molecule has 6 heteroatoms. The van der Waals surface area contributed by atoms with Gasteiger partial charge in [-0.25, -0.2) is 4.79 Å². The number of nitrogens with zero attached hydrogens (tertiary/aromatic N) is 1. The Morgan fingerprint density at radius 2 is 1.72 bits per heavy atom. The van der Waals surface area contributed by atoms with Crippen molar-refractivity contribution in [2.24, 2.45) is 0 Å². The number of anilines is 1. The molecule has 6 nitrogen and oxygen atoms in total. The van der Waals surface area contributed by atoms with Crippen molar-refractivity contribution in [1.29, 1.82) is 0 Å². The lowest BCUT2D eigenvalue weighted by Crippen LogP contribution is -2.39. The summed E-state index contributed by atoms with van der Waals surface area (Å²) >= 11 is 0. The van der Waals surface area contributed by atoms with Crippen molar-refractivity contribution in [2.75, 3.05) is 25.5 Å². The molecule has 0 spiro atoms. The number of benzene rings is 2. The highest BCUT2D eigenvalue weighted by Gasteiger charge is 2.17. The van der Waals surface area contributed by atoms with Crippen LogP contribution in [0.3, 0.4) is 0 Å². The van der Waals surface area contributed by atoms with Gasteiger partial charge in [0.1, 0.15) is 5.75 Å². The van der Waals surface area contributed by atoms with E-state index in [0.29, 0.717) is 24.5 Å². The lowest BCUT2D eigenvalue weighted by Gasteiger charge is -2.24. The minimum atomic E-state index is -0.230. The van der Waals surface area contributed by atoms with Gasteiger partial charge in [-0.3, -0.25) is 4.79 Å². The van der Waals surface area contributed by atoms with Crippen LogP contribution in [0.25, 0.3) is 0 Å². The Hall–Kier alpha value is -3.02. The zero-order chi connectivity index (χ0) is 21.1. The SMILES string of the molecule is CCCCN(CCC(=O)NC(C)c1ccccc1)C(=O)Nc1ccccc1OC. The number of para-hydroxylation sites is 2. The molecule has 0 aliphatic carbocycles. The van der Waals surface area contributed by atoms with Crippen LogP contribution in [0.1, 0.15) is 44.7 Å². The van der Waals surface area contributed by atoms with Gasteiger partial charge < -0.3 is 20.3 Å². The van der Waals surface area contributed by atoms with E-state index < -0.39 is 0 Å². The van der Waals surface area contributed by atoms with Crippen LogP contribution in [0, 0.1) is 0 Å². The summed E-state index contributed by atoms with van der Waals surface area (Å²) in [7, 11) is 1.57. The van der Waals surface area contributed by atoms with Crippen molar-refractivity contribution < 1.29 is 14.3 Å². The zero-order valence-corrected chi connectivity index (χ0v) is 17.5. The number of hydrogen-bond acceptors (Lipinski definition) is 3. The summed E-state index contributed by atoms with van der Waals surface area (Å²) < 4.78 is 5.29. The summed E-state index contributed by atoms with van der Waals surface area (Å²) in [6, 6.07) is 16.8. The van der Waals surface area contributed by atoms with Crippen LogP contribution in [0.4, 0.5) is 10.5 Å². The highest BCUT2D eigenvalue weighted by atomic mass is 16.5. The van der Waals surface area contributed by atoms with Crippen LogP contribution in [0.15, 0.2) is 54.6 Å². The van der Waals surface area contributed by atoms with Gasteiger partial charge in [0.2, 0.25) is 5.91 Å². The molecule has 2 aromatic rings. The Kier molecular flexibility index (Phi) is 9.02. The minimum Gasteiger partial charge on any atom is -0.495 e. The maximum absolute atomic E-state index is 12.8. The van der Waals surface area contributed by atoms with E-state index in [1.165, 1.54) is 0 Å².